The lowest BCUT2D eigenvalue weighted by atomic mass is 10.00. The molecule has 0 bridgehead atoms. The van der Waals surface area contributed by atoms with Gasteiger partial charge in [-0.15, -0.1) is 0 Å². The zero-order valence-corrected chi connectivity index (χ0v) is 12.2. The summed E-state index contributed by atoms with van der Waals surface area (Å²) in [6.45, 7) is 6.47. The summed E-state index contributed by atoms with van der Waals surface area (Å²) in [4.78, 5) is 0. The third-order valence-corrected chi connectivity index (χ3v) is 3.69. The van der Waals surface area contributed by atoms with E-state index in [2.05, 4.69) is 56.4 Å². The quantitative estimate of drug-likeness (QED) is 0.894. The molecule has 0 heterocycles. The van der Waals surface area contributed by atoms with Crippen LogP contribution in [-0.4, -0.2) is 0 Å². The first kappa shape index (κ1) is 14.3. The highest BCUT2D eigenvalue weighted by atomic mass is 14.9. The Labute approximate surface area is 121 Å². The van der Waals surface area contributed by atoms with Crippen LogP contribution >= 0.6 is 0 Å². The van der Waals surface area contributed by atoms with Gasteiger partial charge in [-0.3, -0.25) is 0 Å². The van der Waals surface area contributed by atoms with E-state index in [1.807, 2.05) is 24.3 Å². The molecule has 2 aromatic carbocycles. The molecular formula is C18H20N2. The Balaban J connectivity index is 2.09. The van der Waals surface area contributed by atoms with E-state index in [1.165, 1.54) is 16.7 Å². The lowest BCUT2D eigenvalue weighted by Crippen LogP contribution is -2.23. The molecule has 0 aliphatic rings. The van der Waals surface area contributed by atoms with Crippen molar-refractivity contribution in [2.24, 2.45) is 0 Å². The second kappa shape index (κ2) is 6.36. The third kappa shape index (κ3) is 3.26. The van der Waals surface area contributed by atoms with Crippen molar-refractivity contribution in [3.8, 4) is 6.07 Å². The number of nitrogens with zero attached hydrogens (tertiary/aromatic N) is 1. The van der Waals surface area contributed by atoms with Crippen LogP contribution in [0.1, 0.15) is 48.2 Å². The Bertz CT molecular complexity index is 608. The molecule has 2 aromatic rings. The number of nitriles is 1. The molecular weight excluding hydrogens is 244 g/mol. The average Bonchev–Trinajstić information content (AvgIpc) is 2.47. The standard InChI is InChI=1S/C18H20N2/c1-13-6-4-5-7-18(13)15(3)20-14(2)17-10-8-16(12-19)9-11-17/h4-11,14-15,20H,1-3H3/t14?,15-/m0/s1. The van der Waals surface area contributed by atoms with E-state index in [0.29, 0.717) is 11.6 Å². The fourth-order valence-electron chi connectivity index (χ4n) is 2.48. The van der Waals surface area contributed by atoms with Crippen LogP contribution in [0, 0.1) is 18.3 Å². The van der Waals surface area contributed by atoms with Crippen molar-refractivity contribution in [3.05, 3.63) is 70.8 Å². The number of rotatable bonds is 4. The van der Waals surface area contributed by atoms with Crippen LogP contribution in [-0.2, 0) is 0 Å². The molecule has 0 saturated heterocycles. The van der Waals surface area contributed by atoms with Gasteiger partial charge in [-0.05, 0) is 49.6 Å². The maximum atomic E-state index is 8.83. The molecule has 2 rings (SSSR count). The first-order chi connectivity index (χ1) is 9.61. The predicted octanol–water partition coefficient (Wildman–Crippen LogP) is 4.28. The van der Waals surface area contributed by atoms with Crippen LogP contribution in [0.4, 0.5) is 0 Å². The van der Waals surface area contributed by atoms with E-state index >= 15 is 0 Å². The topological polar surface area (TPSA) is 35.8 Å². The molecule has 2 heteroatoms. The number of hydrogen-bond donors (Lipinski definition) is 1. The van der Waals surface area contributed by atoms with E-state index in [0.717, 1.165) is 0 Å². The van der Waals surface area contributed by atoms with Crippen molar-refractivity contribution in [2.45, 2.75) is 32.9 Å². The lowest BCUT2D eigenvalue weighted by molar-refractivity contribution is 0.493. The van der Waals surface area contributed by atoms with Gasteiger partial charge in [0.1, 0.15) is 0 Å². The maximum absolute atomic E-state index is 8.83. The van der Waals surface area contributed by atoms with Crippen LogP contribution in [0.25, 0.3) is 0 Å². The molecule has 0 radical (unpaired) electrons. The van der Waals surface area contributed by atoms with Gasteiger partial charge in [0.25, 0.3) is 0 Å². The smallest absolute Gasteiger partial charge is 0.0991 e. The molecule has 0 aliphatic heterocycles. The zero-order chi connectivity index (χ0) is 14.5. The molecule has 2 nitrogen and oxygen atoms in total. The first-order valence-corrected chi connectivity index (χ1v) is 6.93. The van der Waals surface area contributed by atoms with Gasteiger partial charge in [0.05, 0.1) is 11.6 Å². The van der Waals surface area contributed by atoms with E-state index in [-0.39, 0.29) is 6.04 Å². The van der Waals surface area contributed by atoms with E-state index < -0.39 is 0 Å². The summed E-state index contributed by atoms with van der Waals surface area (Å²) in [7, 11) is 0. The van der Waals surface area contributed by atoms with E-state index in [1.54, 1.807) is 0 Å². The molecule has 102 valence electrons. The summed E-state index contributed by atoms with van der Waals surface area (Å²) in [5.74, 6) is 0. The van der Waals surface area contributed by atoms with Gasteiger partial charge in [0, 0.05) is 12.1 Å². The molecule has 20 heavy (non-hydrogen) atoms. The minimum absolute atomic E-state index is 0.248. The van der Waals surface area contributed by atoms with E-state index in [4.69, 9.17) is 5.26 Å². The summed E-state index contributed by atoms with van der Waals surface area (Å²) < 4.78 is 0. The van der Waals surface area contributed by atoms with Crippen molar-refractivity contribution in [1.82, 2.24) is 5.32 Å². The fourth-order valence-corrected chi connectivity index (χ4v) is 2.48. The molecule has 2 atom stereocenters. The van der Waals surface area contributed by atoms with Crippen molar-refractivity contribution >= 4 is 0 Å². The van der Waals surface area contributed by atoms with Crippen molar-refractivity contribution in [1.29, 1.82) is 5.26 Å². The Morgan fingerprint density at radius 2 is 1.60 bits per heavy atom. The van der Waals surface area contributed by atoms with Gasteiger partial charge in [-0.2, -0.15) is 5.26 Å². The Morgan fingerprint density at radius 3 is 2.20 bits per heavy atom. The third-order valence-electron chi connectivity index (χ3n) is 3.69. The molecule has 0 aromatic heterocycles. The van der Waals surface area contributed by atoms with Gasteiger partial charge < -0.3 is 5.32 Å². The van der Waals surface area contributed by atoms with Gasteiger partial charge in [-0.25, -0.2) is 0 Å². The molecule has 1 N–H and O–H groups in total. The minimum Gasteiger partial charge on any atom is -0.304 e. The average molecular weight is 264 g/mol. The van der Waals surface area contributed by atoms with E-state index in [9.17, 15) is 0 Å². The summed E-state index contributed by atoms with van der Waals surface area (Å²) in [6, 6.07) is 18.9. The van der Waals surface area contributed by atoms with Crippen LogP contribution in [0.2, 0.25) is 0 Å². The summed E-state index contributed by atoms with van der Waals surface area (Å²) in [5.41, 5.74) is 4.53. The van der Waals surface area contributed by atoms with Crippen LogP contribution in [0.5, 0.6) is 0 Å². The van der Waals surface area contributed by atoms with Gasteiger partial charge >= 0.3 is 0 Å². The first-order valence-electron chi connectivity index (χ1n) is 6.93. The normalized spacial score (nSPS) is 13.5. The highest BCUT2D eigenvalue weighted by molar-refractivity contribution is 5.33. The molecule has 0 aliphatic carbocycles. The summed E-state index contributed by atoms with van der Waals surface area (Å²) >= 11 is 0. The Kier molecular flexibility index (Phi) is 4.55. The largest absolute Gasteiger partial charge is 0.304 e. The second-order valence-electron chi connectivity index (χ2n) is 5.20. The molecule has 0 spiro atoms. The maximum Gasteiger partial charge on any atom is 0.0991 e. The van der Waals surface area contributed by atoms with Crippen molar-refractivity contribution < 1.29 is 0 Å². The Hall–Kier alpha value is -2.11. The zero-order valence-electron chi connectivity index (χ0n) is 12.2. The van der Waals surface area contributed by atoms with Crippen LogP contribution in [0.15, 0.2) is 48.5 Å². The van der Waals surface area contributed by atoms with Gasteiger partial charge in [0.2, 0.25) is 0 Å². The lowest BCUT2D eigenvalue weighted by Gasteiger charge is -2.22. The fraction of sp³-hybridized carbons (Fsp3) is 0.278. The number of hydrogen-bond acceptors (Lipinski definition) is 2. The van der Waals surface area contributed by atoms with Crippen molar-refractivity contribution in [2.75, 3.05) is 0 Å². The van der Waals surface area contributed by atoms with Crippen molar-refractivity contribution in [3.63, 3.8) is 0 Å². The summed E-state index contributed by atoms with van der Waals surface area (Å²) in [5, 5.41) is 12.4. The molecule has 0 amide bonds. The van der Waals surface area contributed by atoms with Gasteiger partial charge in [0.15, 0.2) is 0 Å². The van der Waals surface area contributed by atoms with Crippen LogP contribution < -0.4 is 5.32 Å². The number of nitrogens with one attached hydrogen (secondary N) is 1. The monoisotopic (exact) mass is 264 g/mol. The minimum atomic E-state index is 0.248. The molecule has 0 fully saturated rings. The SMILES string of the molecule is Cc1ccccc1[C@H](C)NC(C)c1ccc(C#N)cc1. The molecule has 0 saturated carbocycles. The second-order valence-corrected chi connectivity index (χ2v) is 5.20. The highest BCUT2D eigenvalue weighted by Gasteiger charge is 2.12. The van der Waals surface area contributed by atoms with Gasteiger partial charge in [-0.1, -0.05) is 36.4 Å². The number of aryl methyl sites for hydroxylation is 1. The van der Waals surface area contributed by atoms with Crippen LogP contribution in [0.3, 0.4) is 0 Å². The predicted molar refractivity (Wildman–Crippen MR) is 82.3 cm³/mol. The highest BCUT2D eigenvalue weighted by Crippen LogP contribution is 2.21. The summed E-state index contributed by atoms with van der Waals surface area (Å²) in [6.07, 6.45) is 0. The molecule has 1 unspecified atom stereocenters. The Morgan fingerprint density at radius 1 is 0.950 bits per heavy atom. The number of benzene rings is 2.